The number of nitrogens with zero attached hydrogens (tertiary/aromatic N) is 4. The molecule has 0 aromatic heterocycles. The van der Waals surface area contributed by atoms with E-state index in [0.717, 1.165) is 22.0 Å². The van der Waals surface area contributed by atoms with Gasteiger partial charge in [-0.25, -0.2) is 0 Å². The van der Waals surface area contributed by atoms with Crippen molar-refractivity contribution in [1.29, 1.82) is 0 Å². The molecule has 5 rings (SSSR count). The summed E-state index contributed by atoms with van der Waals surface area (Å²) in [5.41, 5.74) is 2.88. The maximum absolute atomic E-state index is 13.7. The number of aliphatic imine (C=N–C) groups is 1. The predicted molar refractivity (Wildman–Crippen MR) is 148 cm³/mol. The molecule has 11 heteroatoms. The van der Waals surface area contributed by atoms with Crippen molar-refractivity contribution in [3.05, 3.63) is 80.3 Å². The number of hydrogen-bond acceptors (Lipinski definition) is 6. The van der Waals surface area contributed by atoms with Gasteiger partial charge in [-0.2, -0.15) is 0 Å². The van der Waals surface area contributed by atoms with Crippen molar-refractivity contribution in [1.82, 2.24) is 14.7 Å². The first-order chi connectivity index (χ1) is 18.1. The molecule has 3 aliphatic heterocycles. The van der Waals surface area contributed by atoms with Crippen molar-refractivity contribution < 1.29 is 19.5 Å². The smallest absolute Gasteiger partial charge is 0.323 e. The van der Waals surface area contributed by atoms with E-state index in [0.29, 0.717) is 15.0 Å². The minimum atomic E-state index is -1.07. The van der Waals surface area contributed by atoms with Gasteiger partial charge in [0.2, 0.25) is 5.91 Å². The van der Waals surface area contributed by atoms with E-state index in [1.54, 1.807) is 0 Å². The second kappa shape index (κ2) is 10.6. The number of hydrogen-bond donors (Lipinski definition) is 1. The molecule has 8 nitrogen and oxygen atoms in total. The minimum absolute atomic E-state index is 0.00285. The summed E-state index contributed by atoms with van der Waals surface area (Å²) in [5.74, 6) is -1.69. The Bertz CT molecular complexity index is 1340. The van der Waals surface area contributed by atoms with Crippen LogP contribution in [0.15, 0.2) is 64.1 Å². The lowest BCUT2D eigenvalue weighted by Gasteiger charge is -2.34. The molecule has 1 N–H and O–H groups in total. The third-order valence-corrected chi connectivity index (χ3v) is 8.39. The summed E-state index contributed by atoms with van der Waals surface area (Å²) in [7, 11) is 0. The molecule has 38 heavy (non-hydrogen) atoms. The van der Waals surface area contributed by atoms with E-state index in [1.807, 2.05) is 62.4 Å². The van der Waals surface area contributed by atoms with Gasteiger partial charge in [0.25, 0.3) is 5.91 Å². The molecule has 3 heterocycles. The highest BCUT2D eigenvalue weighted by atomic mass is 35.5. The number of benzene rings is 2. The van der Waals surface area contributed by atoms with Gasteiger partial charge in [-0.1, -0.05) is 61.3 Å². The molecule has 0 radical (unpaired) electrons. The van der Waals surface area contributed by atoms with Gasteiger partial charge in [0, 0.05) is 28.8 Å². The number of rotatable bonds is 6. The molecule has 0 unspecified atom stereocenters. The number of thioether (sulfide) groups is 1. The average molecular weight is 574 g/mol. The molecule has 2 atom stereocenters. The van der Waals surface area contributed by atoms with Crippen LogP contribution in [-0.2, 0) is 14.4 Å². The van der Waals surface area contributed by atoms with Crippen LogP contribution in [0.2, 0.25) is 10.0 Å². The third kappa shape index (κ3) is 5.02. The summed E-state index contributed by atoms with van der Waals surface area (Å²) in [6.45, 7) is 4.01. The van der Waals surface area contributed by atoms with E-state index in [-0.39, 0.29) is 56.0 Å². The topological polar surface area (TPSA) is 93.5 Å². The molecular weight excluding hydrogens is 547 g/mol. The Morgan fingerprint density at radius 2 is 1.63 bits per heavy atom. The Hall–Kier alpha value is -3.01. The number of halogens is 2. The van der Waals surface area contributed by atoms with Crippen molar-refractivity contribution in [3.63, 3.8) is 0 Å². The summed E-state index contributed by atoms with van der Waals surface area (Å²) in [6, 6.07) is 14.9. The van der Waals surface area contributed by atoms with E-state index < -0.39 is 5.97 Å². The number of piperazine rings is 1. The number of carbonyl (C=O) groups is 3. The van der Waals surface area contributed by atoms with Gasteiger partial charge >= 0.3 is 5.97 Å². The Morgan fingerprint density at radius 3 is 2.18 bits per heavy atom. The summed E-state index contributed by atoms with van der Waals surface area (Å²) in [4.78, 5) is 47.9. The van der Waals surface area contributed by atoms with Crippen molar-refractivity contribution in [3.8, 4) is 0 Å². The largest absolute Gasteiger partial charge is 0.480 e. The molecule has 2 aromatic carbocycles. The van der Waals surface area contributed by atoms with Crippen LogP contribution in [0.1, 0.15) is 37.1 Å². The van der Waals surface area contributed by atoms with E-state index in [9.17, 15) is 14.4 Å². The quantitative estimate of drug-likeness (QED) is 0.533. The molecule has 0 bridgehead atoms. The number of amidine groups is 1. The first-order valence-electron chi connectivity index (χ1n) is 12.2. The third-order valence-electron chi connectivity index (χ3n) is 6.81. The van der Waals surface area contributed by atoms with Crippen LogP contribution in [0, 0.1) is 5.92 Å². The lowest BCUT2D eigenvalue weighted by Crippen LogP contribution is -2.53. The average Bonchev–Trinajstić information content (AvgIpc) is 3.42. The predicted octanol–water partition coefficient (Wildman–Crippen LogP) is 4.82. The summed E-state index contributed by atoms with van der Waals surface area (Å²) in [5, 5.41) is 11.1. The van der Waals surface area contributed by atoms with Gasteiger partial charge in [-0.05, 0) is 53.1 Å². The molecule has 0 aliphatic carbocycles. The van der Waals surface area contributed by atoms with Gasteiger partial charge in [-0.15, -0.1) is 0 Å². The fourth-order valence-electron chi connectivity index (χ4n) is 5.05. The van der Waals surface area contributed by atoms with E-state index >= 15 is 0 Å². The molecule has 0 saturated carbocycles. The minimum Gasteiger partial charge on any atom is -0.480 e. The van der Waals surface area contributed by atoms with Crippen LogP contribution in [0.3, 0.4) is 0 Å². The van der Waals surface area contributed by atoms with Crippen LogP contribution >= 0.6 is 35.0 Å². The first kappa shape index (κ1) is 26.6. The van der Waals surface area contributed by atoms with Gasteiger partial charge < -0.3 is 19.8 Å². The lowest BCUT2D eigenvalue weighted by atomic mass is 9.92. The first-order valence-corrected chi connectivity index (χ1v) is 13.8. The zero-order valence-electron chi connectivity index (χ0n) is 20.8. The zero-order chi connectivity index (χ0) is 27.1. The Morgan fingerprint density at radius 1 is 1.03 bits per heavy atom. The molecule has 0 spiro atoms. The second-order valence-electron chi connectivity index (χ2n) is 9.68. The summed E-state index contributed by atoms with van der Waals surface area (Å²) < 4.78 is 0. The SMILES string of the molecule is CC(C)C1=C(C(=O)N2CCN(CC(=O)O)C(=O)C2)SC2=N[C@@H](c3ccc(Cl)cc3)[C@@H](c3ccc(Cl)cc3)N21. The molecule has 2 amide bonds. The van der Waals surface area contributed by atoms with Crippen LogP contribution in [0.25, 0.3) is 0 Å². The second-order valence-corrected chi connectivity index (χ2v) is 11.5. The van der Waals surface area contributed by atoms with Crippen LogP contribution < -0.4 is 0 Å². The highest BCUT2D eigenvalue weighted by molar-refractivity contribution is 8.18. The molecular formula is C27H26Cl2N4O4S. The molecule has 1 saturated heterocycles. The van der Waals surface area contributed by atoms with E-state index in [2.05, 4.69) is 4.90 Å². The number of carboxylic acid groups (broad SMARTS) is 1. The van der Waals surface area contributed by atoms with Gasteiger partial charge in [0.15, 0.2) is 5.17 Å². The van der Waals surface area contributed by atoms with Crippen molar-refractivity contribution in [2.75, 3.05) is 26.2 Å². The maximum atomic E-state index is 13.7. The Kier molecular flexibility index (Phi) is 7.44. The highest BCUT2D eigenvalue weighted by Crippen LogP contribution is 2.53. The molecule has 2 aromatic rings. The number of allylic oxidation sites excluding steroid dienone is 1. The maximum Gasteiger partial charge on any atom is 0.323 e. The number of amides is 2. The molecule has 1 fully saturated rings. The fourth-order valence-corrected chi connectivity index (χ4v) is 6.62. The van der Waals surface area contributed by atoms with Crippen molar-refractivity contribution in [2.24, 2.45) is 10.9 Å². The van der Waals surface area contributed by atoms with E-state index in [1.165, 1.54) is 21.6 Å². The number of carbonyl (C=O) groups excluding carboxylic acids is 2. The Balaban J connectivity index is 1.50. The van der Waals surface area contributed by atoms with E-state index in [4.69, 9.17) is 33.3 Å². The van der Waals surface area contributed by atoms with Crippen LogP contribution in [0.5, 0.6) is 0 Å². The van der Waals surface area contributed by atoms with Gasteiger partial charge in [0.1, 0.15) is 24.0 Å². The standard InChI is InChI=1S/C27H26Cl2N4O4S/c1-15(2)23-25(26(37)32-12-11-31(14-21(35)36)20(34)13-32)38-27-30-22(16-3-7-18(28)8-4-16)24(33(23)27)17-5-9-19(29)10-6-17/h3-10,15,22,24H,11-14H2,1-2H3,(H,35,36)/t22-,24+/m0/s1. The zero-order valence-corrected chi connectivity index (χ0v) is 23.1. The monoisotopic (exact) mass is 572 g/mol. The van der Waals surface area contributed by atoms with Crippen LogP contribution in [0.4, 0.5) is 0 Å². The molecule has 198 valence electrons. The summed E-state index contributed by atoms with van der Waals surface area (Å²) >= 11 is 13.7. The number of aliphatic carboxylic acids is 1. The Labute approximate surface area is 234 Å². The number of carboxylic acids is 1. The lowest BCUT2D eigenvalue weighted by molar-refractivity contribution is -0.149. The molecule has 3 aliphatic rings. The summed E-state index contributed by atoms with van der Waals surface area (Å²) in [6.07, 6.45) is 0. The van der Waals surface area contributed by atoms with Crippen LogP contribution in [-0.4, -0.2) is 68.9 Å². The van der Waals surface area contributed by atoms with Gasteiger partial charge in [-0.3, -0.25) is 19.4 Å². The highest BCUT2D eigenvalue weighted by Gasteiger charge is 2.48. The van der Waals surface area contributed by atoms with Gasteiger partial charge in [0.05, 0.1) is 6.04 Å². The number of fused-ring (bicyclic) bond motifs is 1. The fraction of sp³-hybridized carbons (Fsp3) is 0.333. The van der Waals surface area contributed by atoms with Crippen molar-refractivity contribution >= 4 is 57.9 Å². The normalized spacial score (nSPS) is 21.3. The van der Waals surface area contributed by atoms with Crippen molar-refractivity contribution in [2.45, 2.75) is 25.9 Å².